The molecule has 0 aliphatic carbocycles. The molecule has 3 rings (SSSR count). The van der Waals surface area contributed by atoms with Crippen molar-refractivity contribution in [3.05, 3.63) is 58.9 Å². The molecule has 1 aliphatic rings. The average molecular weight is 357 g/mol. The topological polar surface area (TPSA) is 93.5 Å². The molecule has 0 saturated carbocycles. The van der Waals surface area contributed by atoms with Crippen molar-refractivity contribution in [1.29, 1.82) is 0 Å². The van der Waals surface area contributed by atoms with Gasteiger partial charge in [-0.1, -0.05) is 6.07 Å². The van der Waals surface area contributed by atoms with Gasteiger partial charge in [-0.05, 0) is 54.4 Å². The van der Waals surface area contributed by atoms with Gasteiger partial charge in [0, 0.05) is 12.1 Å². The molecule has 4 N–H and O–H groups in total. The Morgan fingerprint density at radius 2 is 1.96 bits per heavy atom. The van der Waals surface area contributed by atoms with Crippen LogP contribution in [0.5, 0.6) is 5.75 Å². The van der Waals surface area contributed by atoms with Crippen LogP contribution >= 0.6 is 0 Å². The SMILES string of the molecule is NC(=O)c1ccc(OCCC(=O)Nc2ccc3c(c2F)CCNC3)cc1. The largest absolute Gasteiger partial charge is 0.493 e. The van der Waals surface area contributed by atoms with E-state index < -0.39 is 5.91 Å². The van der Waals surface area contributed by atoms with Crippen LogP contribution in [0.25, 0.3) is 0 Å². The second kappa shape index (κ2) is 7.97. The Morgan fingerprint density at radius 1 is 1.19 bits per heavy atom. The number of hydrogen-bond acceptors (Lipinski definition) is 4. The molecule has 26 heavy (non-hydrogen) atoms. The van der Waals surface area contributed by atoms with E-state index in [-0.39, 0.29) is 30.4 Å². The summed E-state index contributed by atoms with van der Waals surface area (Å²) in [5.41, 5.74) is 7.33. The summed E-state index contributed by atoms with van der Waals surface area (Å²) in [7, 11) is 0. The molecular formula is C19H20FN3O3. The van der Waals surface area contributed by atoms with Gasteiger partial charge in [-0.2, -0.15) is 0 Å². The highest BCUT2D eigenvalue weighted by molar-refractivity contribution is 5.93. The fourth-order valence-electron chi connectivity index (χ4n) is 2.82. The van der Waals surface area contributed by atoms with Crippen molar-refractivity contribution in [3.8, 4) is 5.75 Å². The molecular weight excluding hydrogens is 337 g/mol. The molecule has 136 valence electrons. The van der Waals surface area contributed by atoms with Crippen molar-refractivity contribution in [2.45, 2.75) is 19.4 Å². The van der Waals surface area contributed by atoms with E-state index in [9.17, 15) is 14.0 Å². The first kappa shape index (κ1) is 17.9. The average Bonchev–Trinajstić information content (AvgIpc) is 2.65. The van der Waals surface area contributed by atoms with Crippen molar-refractivity contribution in [2.24, 2.45) is 5.73 Å². The number of amides is 2. The third-order valence-electron chi connectivity index (χ3n) is 4.22. The molecule has 0 spiro atoms. The number of ether oxygens (including phenoxy) is 1. The minimum atomic E-state index is -0.515. The molecule has 0 unspecified atom stereocenters. The third kappa shape index (κ3) is 4.18. The Kier molecular flexibility index (Phi) is 5.48. The highest BCUT2D eigenvalue weighted by Crippen LogP contribution is 2.24. The van der Waals surface area contributed by atoms with Gasteiger partial charge in [0.15, 0.2) is 0 Å². The van der Waals surface area contributed by atoms with E-state index in [0.717, 1.165) is 12.1 Å². The number of fused-ring (bicyclic) bond motifs is 1. The molecule has 0 atom stereocenters. The molecule has 1 aliphatic heterocycles. The number of rotatable bonds is 6. The zero-order chi connectivity index (χ0) is 18.5. The van der Waals surface area contributed by atoms with Gasteiger partial charge in [-0.25, -0.2) is 4.39 Å². The van der Waals surface area contributed by atoms with Gasteiger partial charge in [-0.3, -0.25) is 9.59 Å². The Hall–Kier alpha value is -2.93. The number of primary amides is 1. The fourth-order valence-corrected chi connectivity index (χ4v) is 2.82. The van der Waals surface area contributed by atoms with E-state index in [1.165, 1.54) is 0 Å². The van der Waals surface area contributed by atoms with E-state index >= 15 is 0 Å². The van der Waals surface area contributed by atoms with Crippen LogP contribution in [0.4, 0.5) is 10.1 Å². The monoisotopic (exact) mass is 357 g/mol. The van der Waals surface area contributed by atoms with Crippen LogP contribution in [0.1, 0.15) is 27.9 Å². The van der Waals surface area contributed by atoms with E-state index in [0.29, 0.717) is 29.8 Å². The third-order valence-corrected chi connectivity index (χ3v) is 4.22. The molecule has 0 saturated heterocycles. The van der Waals surface area contributed by atoms with Crippen molar-refractivity contribution in [2.75, 3.05) is 18.5 Å². The number of carbonyl (C=O) groups excluding carboxylic acids is 2. The number of benzene rings is 2. The van der Waals surface area contributed by atoms with Crippen LogP contribution in [0.2, 0.25) is 0 Å². The zero-order valence-electron chi connectivity index (χ0n) is 14.2. The number of nitrogens with two attached hydrogens (primary N) is 1. The molecule has 7 heteroatoms. The summed E-state index contributed by atoms with van der Waals surface area (Å²) in [6.45, 7) is 1.50. The lowest BCUT2D eigenvalue weighted by Gasteiger charge is -2.19. The minimum absolute atomic E-state index is 0.0790. The van der Waals surface area contributed by atoms with E-state index in [1.54, 1.807) is 30.3 Å². The van der Waals surface area contributed by atoms with E-state index in [2.05, 4.69) is 10.6 Å². The van der Waals surface area contributed by atoms with Gasteiger partial charge in [0.1, 0.15) is 11.6 Å². The molecule has 0 aromatic heterocycles. The standard InChI is InChI=1S/C19H20FN3O3/c20-18-15-7-9-22-11-13(15)3-6-16(18)23-17(24)8-10-26-14-4-1-12(2-5-14)19(21)25/h1-6,22H,7-11H2,(H2,21,25)(H,23,24). The smallest absolute Gasteiger partial charge is 0.248 e. The number of hydrogen-bond donors (Lipinski definition) is 3. The Balaban J connectivity index is 1.52. The van der Waals surface area contributed by atoms with Crippen molar-refractivity contribution in [3.63, 3.8) is 0 Å². The lowest BCUT2D eigenvalue weighted by atomic mass is 9.99. The highest BCUT2D eigenvalue weighted by atomic mass is 19.1. The predicted molar refractivity (Wildman–Crippen MR) is 95.5 cm³/mol. The first-order chi connectivity index (χ1) is 12.5. The first-order valence-electron chi connectivity index (χ1n) is 8.38. The first-order valence-corrected chi connectivity index (χ1v) is 8.38. The molecule has 2 aromatic carbocycles. The molecule has 6 nitrogen and oxygen atoms in total. The lowest BCUT2D eigenvalue weighted by molar-refractivity contribution is -0.116. The number of anilines is 1. The molecule has 1 heterocycles. The number of halogens is 1. The van der Waals surface area contributed by atoms with E-state index in [1.807, 2.05) is 6.07 Å². The number of nitrogens with one attached hydrogen (secondary N) is 2. The lowest BCUT2D eigenvalue weighted by Crippen LogP contribution is -2.25. The molecule has 0 radical (unpaired) electrons. The predicted octanol–water partition coefficient (Wildman–Crippen LogP) is 1.98. The van der Waals surface area contributed by atoms with Gasteiger partial charge in [-0.15, -0.1) is 0 Å². The van der Waals surface area contributed by atoms with Gasteiger partial charge in [0.25, 0.3) is 0 Å². The fraction of sp³-hybridized carbons (Fsp3) is 0.263. The van der Waals surface area contributed by atoms with Gasteiger partial charge >= 0.3 is 0 Å². The summed E-state index contributed by atoms with van der Waals surface area (Å²) < 4.78 is 19.9. The maximum atomic E-state index is 14.5. The molecule has 2 aromatic rings. The highest BCUT2D eigenvalue weighted by Gasteiger charge is 2.17. The zero-order valence-corrected chi connectivity index (χ0v) is 14.2. The maximum absolute atomic E-state index is 14.5. The summed E-state index contributed by atoms with van der Waals surface area (Å²) in [6.07, 6.45) is 0.685. The maximum Gasteiger partial charge on any atom is 0.248 e. The minimum Gasteiger partial charge on any atom is -0.493 e. The van der Waals surface area contributed by atoms with Gasteiger partial charge in [0.05, 0.1) is 18.7 Å². The summed E-state index contributed by atoms with van der Waals surface area (Å²) in [5.74, 6) is -0.680. The summed E-state index contributed by atoms with van der Waals surface area (Å²) in [6, 6.07) is 9.73. The van der Waals surface area contributed by atoms with E-state index in [4.69, 9.17) is 10.5 Å². The molecule has 0 bridgehead atoms. The van der Waals surface area contributed by atoms with Gasteiger partial charge < -0.3 is 21.1 Å². The molecule has 2 amide bonds. The Morgan fingerprint density at radius 3 is 2.69 bits per heavy atom. The van der Waals surface area contributed by atoms with Gasteiger partial charge in [0.2, 0.25) is 11.8 Å². The Bertz CT molecular complexity index is 822. The van der Waals surface area contributed by atoms with Crippen molar-refractivity contribution < 1.29 is 18.7 Å². The second-order valence-electron chi connectivity index (χ2n) is 6.03. The second-order valence-corrected chi connectivity index (χ2v) is 6.03. The normalized spacial score (nSPS) is 13.0. The summed E-state index contributed by atoms with van der Waals surface area (Å²) in [5, 5.41) is 5.78. The van der Waals surface area contributed by atoms with Crippen LogP contribution in [-0.4, -0.2) is 25.0 Å². The Labute approximate surface area is 150 Å². The van der Waals surface area contributed by atoms with Crippen molar-refractivity contribution >= 4 is 17.5 Å². The van der Waals surface area contributed by atoms with Crippen LogP contribution in [0.3, 0.4) is 0 Å². The number of carbonyl (C=O) groups is 2. The van der Waals surface area contributed by atoms with Crippen molar-refractivity contribution in [1.82, 2.24) is 5.32 Å². The summed E-state index contributed by atoms with van der Waals surface area (Å²) >= 11 is 0. The van der Waals surface area contributed by atoms with Crippen LogP contribution in [0.15, 0.2) is 36.4 Å². The van der Waals surface area contributed by atoms with Crippen LogP contribution in [-0.2, 0) is 17.8 Å². The molecule has 0 fully saturated rings. The quantitative estimate of drug-likeness (QED) is 0.737. The van der Waals surface area contributed by atoms with Crippen LogP contribution in [0, 0.1) is 5.82 Å². The summed E-state index contributed by atoms with van der Waals surface area (Å²) in [4.78, 5) is 23.0. The van der Waals surface area contributed by atoms with Crippen LogP contribution < -0.4 is 21.1 Å².